The van der Waals surface area contributed by atoms with Crippen LogP contribution < -0.4 is 14.8 Å². The Labute approximate surface area is 187 Å². The van der Waals surface area contributed by atoms with Gasteiger partial charge in [-0.2, -0.15) is 0 Å². The number of fused-ring (bicyclic) bond motifs is 1. The number of amides is 3. The maximum atomic E-state index is 13.0. The molecule has 0 bridgehead atoms. The van der Waals surface area contributed by atoms with Gasteiger partial charge in [0, 0.05) is 37.8 Å². The zero-order valence-corrected chi connectivity index (χ0v) is 18.1. The van der Waals surface area contributed by atoms with Crippen LogP contribution >= 0.6 is 0 Å². The van der Waals surface area contributed by atoms with Crippen molar-refractivity contribution in [3.8, 4) is 11.5 Å². The number of nitrogens with zero attached hydrogens (tertiary/aromatic N) is 2. The van der Waals surface area contributed by atoms with Crippen molar-refractivity contribution >= 4 is 23.4 Å². The number of carbonyl (C=O) groups excluding carboxylic acids is 3. The first-order valence-electron chi connectivity index (χ1n) is 10.8. The molecule has 2 heterocycles. The maximum Gasteiger partial charge on any atom is 0.243 e. The first-order valence-corrected chi connectivity index (χ1v) is 10.8. The van der Waals surface area contributed by atoms with Crippen LogP contribution in [0.2, 0.25) is 0 Å². The van der Waals surface area contributed by atoms with E-state index in [0.717, 1.165) is 5.56 Å². The first kappa shape index (κ1) is 21.7. The van der Waals surface area contributed by atoms with Gasteiger partial charge in [-0.1, -0.05) is 30.3 Å². The first-order chi connectivity index (χ1) is 15.5. The predicted molar refractivity (Wildman–Crippen MR) is 118 cm³/mol. The van der Waals surface area contributed by atoms with Gasteiger partial charge in [-0.25, -0.2) is 0 Å². The van der Waals surface area contributed by atoms with Crippen molar-refractivity contribution in [2.24, 2.45) is 5.92 Å². The molecule has 0 spiro atoms. The third kappa shape index (κ3) is 5.01. The fourth-order valence-corrected chi connectivity index (χ4v) is 3.99. The van der Waals surface area contributed by atoms with Crippen LogP contribution in [-0.2, 0) is 20.9 Å². The molecule has 8 heteroatoms. The van der Waals surface area contributed by atoms with Crippen LogP contribution in [0.15, 0.2) is 48.5 Å². The second-order valence-electron chi connectivity index (χ2n) is 7.92. The highest BCUT2D eigenvalue weighted by Gasteiger charge is 2.36. The number of benzene rings is 2. The standard InChI is InChI=1S/C24H27N3O5/c1-2-26(16-22(28)25-19-8-9-20-21(13-19)32-11-10-31-20)24(30)18-12-23(29)27(15-18)14-17-6-4-3-5-7-17/h3-9,13,18H,2,10-12,14-16H2,1H3,(H,25,28). The van der Waals surface area contributed by atoms with Crippen LogP contribution in [0.1, 0.15) is 18.9 Å². The zero-order valence-electron chi connectivity index (χ0n) is 18.1. The molecule has 0 saturated carbocycles. The lowest BCUT2D eigenvalue weighted by molar-refractivity contribution is -0.138. The van der Waals surface area contributed by atoms with E-state index in [1.807, 2.05) is 37.3 Å². The number of ether oxygens (including phenoxy) is 2. The molecule has 8 nitrogen and oxygen atoms in total. The number of hydrogen-bond acceptors (Lipinski definition) is 5. The van der Waals surface area contributed by atoms with E-state index in [-0.39, 0.29) is 30.7 Å². The van der Waals surface area contributed by atoms with Gasteiger partial charge < -0.3 is 24.6 Å². The molecule has 1 fully saturated rings. The quantitative estimate of drug-likeness (QED) is 0.718. The van der Waals surface area contributed by atoms with Gasteiger partial charge in [-0.05, 0) is 24.6 Å². The van der Waals surface area contributed by atoms with Crippen molar-refractivity contribution in [3.05, 3.63) is 54.1 Å². The number of carbonyl (C=O) groups is 3. The molecule has 1 unspecified atom stereocenters. The molecule has 1 saturated heterocycles. The summed E-state index contributed by atoms with van der Waals surface area (Å²) in [6.45, 7) is 3.95. The topological polar surface area (TPSA) is 88.2 Å². The molecule has 0 aliphatic carbocycles. The minimum absolute atomic E-state index is 0.0380. The second kappa shape index (κ2) is 9.72. The Morgan fingerprint density at radius 3 is 2.59 bits per heavy atom. The van der Waals surface area contributed by atoms with Crippen LogP contribution in [0, 0.1) is 5.92 Å². The van der Waals surface area contributed by atoms with E-state index in [9.17, 15) is 14.4 Å². The largest absolute Gasteiger partial charge is 0.486 e. The number of nitrogens with one attached hydrogen (secondary N) is 1. The summed E-state index contributed by atoms with van der Waals surface area (Å²) in [6.07, 6.45) is 0.173. The van der Waals surface area contributed by atoms with Crippen molar-refractivity contribution in [3.63, 3.8) is 0 Å². The molecule has 32 heavy (non-hydrogen) atoms. The van der Waals surface area contributed by atoms with Crippen LogP contribution in [0.4, 0.5) is 5.69 Å². The average Bonchev–Trinajstić information content (AvgIpc) is 3.17. The van der Waals surface area contributed by atoms with Crippen LogP contribution in [-0.4, -0.2) is 60.4 Å². The number of likely N-dealkylation sites (tertiary alicyclic amines) is 1. The van der Waals surface area contributed by atoms with Crippen LogP contribution in [0.3, 0.4) is 0 Å². The smallest absolute Gasteiger partial charge is 0.243 e. The SMILES string of the molecule is CCN(CC(=O)Nc1ccc2c(c1)OCCO2)C(=O)C1CC(=O)N(Cc2ccccc2)C1. The minimum Gasteiger partial charge on any atom is -0.486 e. The molecular formula is C24H27N3O5. The molecule has 0 radical (unpaired) electrons. The summed E-state index contributed by atoms with van der Waals surface area (Å²) in [7, 11) is 0. The fraction of sp³-hybridized carbons (Fsp3) is 0.375. The minimum atomic E-state index is -0.437. The summed E-state index contributed by atoms with van der Waals surface area (Å²) in [6, 6.07) is 14.9. The average molecular weight is 437 g/mol. The van der Waals surface area contributed by atoms with Crippen molar-refractivity contribution < 1.29 is 23.9 Å². The zero-order chi connectivity index (χ0) is 22.5. The molecular weight excluding hydrogens is 410 g/mol. The van der Waals surface area contributed by atoms with Crippen molar-refractivity contribution in [1.82, 2.24) is 9.80 Å². The Balaban J connectivity index is 1.33. The summed E-state index contributed by atoms with van der Waals surface area (Å²) in [5.41, 5.74) is 1.60. The molecule has 2 aromatic carbocycles. The number of rotatable bonds is 7. The molecule has 2 aromatic rings. The predicted octanol–water partition coefficient (Wildman–Crippen LogP) is 2.29. The fourth-order valence-electron chi connectivity index (χ4n) is 3.99. The lowest BCUT2D eigenvalue weighted by Gasteiger charge is -2.24. The van der Waals surface area contributed by atoms with Crippen LogP contribution in [0.5, 0.6) is 11.5 Å². The monoisotopic (exact) mass is 437 g/mol. The molecule has 2 aliphatic heterocycles. The van der Waals surface area contributed by atoms with Gasteiger partial charge in [-0.15, -0.1) is 0 Å². The molecule has 1 N–H and O–H groups in total. The van der Waals surface area contributed by atoms with E-state index in [0.29, 0.717) is 50.0 Å². The van der Waals surface area contributed by atoms with Gasteiger partial charge in [-0.3, -0.25) is 14.4 Å². The van der Waals surface area contributed by atoms with Gasteiger partial charge in [0.05, 0.1) is 12.5 Å². The normalized spacial score (nSPS) is 17.2. The van der Waals surface area contributed by atoms with Gasteiger partial charge in [0.25, 0.3) is 0 Å². The summed E-state index contributed by atoms with van der Waals surface area (Å²) in [4.78, 5) is 41.3. The van der Waals surface area contributed by atoms with Gasteiger partial charge in [0.1, 0.15) is 13.2 Å². The molecule has 3 amide bonds. The van der Waals surface area contributed by atoms with Gasteiger partial charge in [0.2, 0.25) is 17.7 Å². The highest BCUT2D eigenvalue weighted by Crippen LogP contribution is 2.32. The van der Waals surface area contributed by atoms with Gasteiger partial charge in [0.15, 0.2) is 11.5 Å². The third-order valence-corrected chi connectivity index (χ3v) is 5.63. The molecule has 168 valence electrons. The summed E-state index contributed by atoms with van der Waals surface area (Å²) in [5.74, 6) is 0.277. The second-order valence-corrected chi connectivity index (χ2v) is 7.92. The number of anilines is 1. The van der Waals surface area contributed by atoms with E-state index in [4.69, 9.17) is 9.47 Å². The highest BCUT2D eigenvalue weighted by atomic mass is 16.6. The van der Waals surface area contributed by atoms with E-state index in [1.165, 1.54) is 4.90 Å². The molecule has 2 aliphatic rings. The Bertz CT molecular complexity index is 994. The third-order valence-electron chi connectivity index (χ3n) is 5.63. The Morgan fingerprint density at radius 1 is 1.09 bits per heavy atom. The van der Waals surface area contributed by atoms with Gasteiger partial charge >= 0.3 is 0 Å². The van der Waals surface area contributed by atoms with E-state index in [1.54, 1.807) is 23.1 Å². The number of hydrogen-bond donors (Lipinski definition) is 1. The van der Waals surface area contributed by atoms with E-state index < -0.39 is 5.92 Å². The Hall–Kier alpha value is -3.55. The molecule has 0 aromatic heterocycles. The lowest BCUT2D eigenvalue weighted by Crippen LogP contribution is -2.42. The Kier molecular flexibility index (Phi) is 6.58. The molecule has 1 atom stereocenters. The summed E-state index contributed by atoms with van der Waals surface area (Å²) < 4.78 is 11.0. The summed E-state index contributed by atoms with van der Waals surface area (Å²) in [5, 5.41) is 2.81. The maximum absolute atomic E-state index is 13.0. The van der Waals surface area contributed by atoms with Crippen molar-refractivity contribution in [2.75, 3.05) is 38.2 Å². The van der Waals surface area contributed by atoms with Crippen molar-refractivity contribution in [1.29, 1.82) is 0 Å². The highest BCUT2D eigenvalue weighted by molar-refractivity contribution is 5.96. The number of likely N-dealkylation sites (N-methyl/N-ethyl adjacent to an activating group) is 1. The Morgan fingerprint density at radius 2 is 1.84 bits per heavy atom. The summed E-state index contributed by atoms with van der Waals surface area (Å²) >= 11 is 0. The van der Waals surface area contributed by atoms with E-state index in [2.05, 4.69) is 5.32 Å². The molecule has 4 rings (SSSR count). The lowest BCUT2D eigenvalue weighted by atomic mass is 10.1. The van der Waals surface area contributed by atoms with Crippen LogP contribution in [0.25, 0.3) is 0 Å². The van der Waals surface area contributed by atoms with Crippen molar-refractivity contribution in [2.45, 2.75) is 19.9 Å². The van der Waals surface area contributed by atoms with E-state index >= 15 is 0 Å².